The molecule has 3 aromatic rings. The third kappa shape index (κ3) is 4.04. The predicted molar refractivity (Wildman–Crippen MR) is 110 cm³/mol. The van der Waals surface area contributed by atoms with E-state index in [1.54, 1.807) is 38.1 Å². The monoisotopic (exact) mass is 409 g/mol. The Morgan fingerprint density at radius 3 is 2.27 bits per heavy atom. The fraction of sp³-hybridized carbons (Fsp3) is 0.143. The number of carbonyl (C=O) groups is 3. The van der Waals surface area contributed by atoms with Crippen LogP contribution in [0, 0.1) is 19.7 Å². The molecule has 30 heavy (non-hydrogen) atoms. The number of primary amides is 1. The maximum absolute atomic E-state index is 13.5. The molecule has 0 bridgehead atoms. The maximum atomic E-state index is 13.5. The highest BCUT2D eigenvalue weighted by Gasteiger charge is 2.22. The SMILES string of the molecule is Cc1cc(F)cc(C)c1C(=O)Nc1ccc(N(C)C(=O)c2nc[nH]c2C(N)=O)cc1. The van der Waals surface area contributed by atoms with Gasteiger partial charge in [-0.2, -0.15) is 0 Å². The highest BCUT2D eigenvalue weighted by molar-refractivity contribution is 6.11. The van der Waals surface area contributed by atoms with Gasteiger partial charge in [0.15, 0.2) is 5.69 Å². The van der Waals surface area contributed by atoms with E-state index < -0.39 is 17.6 Å². The minimum Gasteiger partial charge on any atom is -0.364 e. The Balaban J connectivity index is 1.76. The van der Waals surface area contributed by atoms with Crippen LogP contribution in [0.1, 0.15) is 42.5 Å². The summed E-state index contributed by atoms with van der Waals surface area (Å²) in [6.45, 7) is 3.34. The lowest BCUT2D eigenvalue weighted by atomic mass is 10.0. The molecule has 0 unspecified atom stereocenters. The normalized spacial score (nSPS) is 10.5. The first kappa shape index (κ1) is 20.7. The number of nitrogens with two attached hydrogens (primary N) is 1. The Morgan fingerprint density at radius 1 is 1.10 bits per heavy atom. The Labute approximate surface area is 171 Å². The average Bonchev–Trinajstić information content (AvgIpc) is 3.17. The molecule has 4 N–H and O–H groups in total. The molecule has 3 amide bonds. The second-order valence-electron chi connectivity index (χ2n) is 6.77. The highest BCUT2D eigenvalue weighted by Crippen LogP contribution is 2.21. The highest BCUT2D eigenvalue weighted by atomic mass is 19.1. The Bertz CT molecular complexity index is 1110. The van der Waals surface area contributed by atoms with E-state index in [2.05, 4.69) is 15.3 Å². The van der Waals surface area contributed by atoms with Crippen LogP contribution in [0.3, 0.4) is 0 Å². The molecule has 0 aliphatic carbocycles. The molecular formula is C21H20FN5O3. The standard InChI is InChI=1S/C21H20FN5O3/c1-11-8-13(22)9-12(2)16(11)20(29)26-14-4-6-15(7-5-14)27(3)21(30)18-17(19(23)28)24-10-25-18/h4-10H,1-3H3,(H2,23,28)(H,24,25)(H,26,29). The van der Waals surface area contributed by atoms with Gasteiger partial charge in [-0.05, 0) is 61.4 Å². The van der Waals surface area contributed by atoms with Crippen molar-refractivity contribution in [2.24, 2.45) is 5.73 Å². The van der Waals surface area contributed by atoms with Gasteiger partial charge in [0, 0.05) is 24.0 Å². The summed E-state index contributed by atoms with van der Waals surface area (Å²) in [7, 11) is 1.53. The largest absolute Gasteiger partial charge is 0.364 e. The van der Waals surface area contributed by atoms with Crippen LogP contribution in [0.4, 0.5) is 15.8 Å². The number of hydrogen-bond donors (Lipinski definition) is 3. The summed E-state index contributed by atoms with van der Waals surface area (Å²) in [5.74, 6) is -2.05. The van der Waals surface area contributed by atoms with Gasteiger partial charge < -0.3 is 20.9 Å². The van der Waals surface area contributed by atoms with E-state index in [-0.39, 0.29) is 17.3 Å². The van der Waals surface area contributed by atoms with Gasteiger partial charge >= 0.3 is 0 Å². The van der Waals surface area contributed by atoms with Crippen molar-refractivity contribution in [3.63, 3.8) is 0 Å². The van der Waals surface area contributed by atoms with Crippen LogP contribution in [0.5, 0.6) is 0 Å². The first-order valence-electron chi connectivity index (χ1n) is 8.98. The fourth-order valence-electron chi connectivity index (χ4n) is 3.15. The number of nitrogens with one attached hydrogen (secondary N) is 2. The van der Waals surface area contributed by atoms with Crippen molar-refractivity contribution in [3.05, 3.63) is 76.6 Å². The first-order valence-corrected chi connectivity index (χ1v) is 8.98. The number of aromatic nitrogens is 2. The molecule has 0 saturated carbocycles. The van der Waals surface area contributed by atoms with Crippen LogP contribution in [0.25, 0.3) is 0 Å². The van der Waals surface area contributed by atoms with Crippen molar-refractivity contribution < 1.29 is 18.8 Å². The number of rotatable bonds is 5. The molecule has 154 valence electrons. The smallest absolute Gasteiger partial charge is 0.279 e. The van der Waals surface area contributed by atoms with Crippen molar-refractivity contribution in [1.82, 2.24) is 9.97 Å². The number of aromatic amines is 1. The maximum Gasteiger partial charge on any atom is 0.279 e. The summed E-state index contributed by atoms with van der Waals surface area (Å²) in [6, 6.07) is 9.14. The van der Waals surface area contributed by atoms with Crippen LogP contribution in [0.2, 0.25) is 0 Å². The Hall–Kier alpha value is -4.01. The van der Waals surface area contributed by atoms with E-state index in [1.165, 1.54) is 30.4 Å². The minimum atomic E-state index is -0.784. The van der Waals surface area contributed by atoms with E-state index in [4.69, 9.17) is 5.73 Å². The van der Waals surface area contributed by atoms with E-state index >= 15 is 0 Å². The van der Waals surface area contributed by atoms with Gasteiger partial charge in [0.2, 0.25) is 0 Å². The van der Waals surface area contributed by atoms with Crippen molar-refractivity contribution in [2.45, 2.75) is 13.8 Å². The molecule has 2 aromatic carbocycles. The molecule has 0 radical (unpaired) electrons. The number of H-pyrrole nitrogens is 1. The number of imidazole rings is 1. The summed E-state index contributed by atoms with van der Waals surface area (Å²) in [6.07, 6.45) is 1.22. The Kier molecular flexibility index (Phi) is 5.63. The van der Waals surface area contributed by atoms with Crippen molar-refractivity contribution >= 4 is 29.1 Å². The third-order valence-corrected chi connectivity index (χ3v) is 4.63. The number of hydrogen-bond acceptors (Lipinski definition) is 4. The van der Waals surface area contributed by atoms with Crippen molar-refractivity contribution in [3.8, 4) is 0 Å². The van der Waals surface area contributed by atoms with Crippen molar-refractivity contribution in [1.29, 1.82) is 0 Å². The third-order valence-electron chi connectivity index (χ3n) is 4.63. The summed E-state index contributed by atoms with van der Waals surface area (Å²) in [5.41, 5.74) is 7.60. The van der Waals surface area contributed by atoms with Gasteiger partial charge in [0.1, 0.15) is 11.5 Å². The van der Waals surface area contributed by atoms with E-state index in [9.17, 15) is 18.8 Å². The van der Waals surface area contributed by atoms with Crippen LogP contribution >= 0.6 is 0 Å². The lowest BCUT2D eigenvalue weighted by Crippen LogP contribution is -2.29. The molecule has 0 atom stereocenters. The summed E-state index contributed by atoms with van der Waals surface area (Å²) < 4.78 is 13.5. The lowest BCUT2D eigenvalue weighted by molar-refractivity contribution is 0.0958. The van der Waals surface area contributed by atoms with E-state index in [0.29, 0.717) is 28.1 Å². The van der Waals surface area contributed by atoms with Gasteiger partial charge in [-0.15, -0.1) is 0 Å². The molecule has 0 saturated heterocycles. The molecule has 3 rings (SSSR count). The fourth-order valence-corrected chi connectivity index (χ4v) is 3.15. The zero-order valence-electron chi connectivity index (χ0n) is 16.6. The van der Waals surface area contributed by atoms with Gasteiger partial charge in [0.25, 0.3) is 17.7 Å². The number of benzene rings is 2. The average molecular weight is 409 g/mol. The van der Waals surface area contributed by atoms with Gasteiger partial charge in [-0.3, -0.25) is 14.4 Å². The van der Waals surface area contributed by atoms with E-state index in [0.717, 1.165) is 0 Å². The molecule has 0 spiro atoms. The molecular weight excluding hydrogens is 389 g/mol. The summed E-state index contributed by atoms with van der Waals surface area (Å²) >= 11 is 0. The topological polar surface area (TPSA) is 121 Å². The number of aryl methyl sites for hydroxylation is 2. The number of amides is 3. The second-order valence-corrected chi connectivity index (χ2v) is 6.77. The number of nitrogens with zero attached hydrogens (tertiary/aromatic N) is 2. The van der Waals surface area contributed by atoms with E-state index in [1.807, 2.05) is 0 Å². The van der Waals surface area contributed by atoms with Crippen LogP contribution in [-0.2, 0) is 0 Å². The lowest BCUT2D eigenvalue weighted by Gasteiger charge is -2.17. The van der Waals surface area contributed by atoms with Gasteiger partial charge in [0.05, 0.1) is 6.33 Å². The second kappa shape index (κ2) is 8.16. The molecule has 0 fully saturated rings. The molecule has 8 nitrogen and oxygen atoms in total. The number of anilines is 2. The van der Waals surface area contributed by atoms with Crippen LogP contribution in [-0.4, -0.2) is 34.7 Å². The zero-order chi connectivity index (χ0) is 22.0. The molecule has 9 heteroatoms. The quantitative estimate of drug-likeness (QED) is 0.600. The first-order chi connectivity index (χ1) is 14.2. The summed E-state index contributed by atoms with van der Waals surface area (Å²) in [5, 5.41) is 2.76. The predicted octanol–water partition coefficient (Wildman–Crippen LogP) is 2.79. The molecule has 0 aliphatic heterocycles. The number of carbonyl (C=O) groups excluding carboxylic acids is 3. The van der Waals surface area contributed by atoms with Crippen LogP contribution < -0.4 is 16.0 Å². The minimum absolute atomic E-state index is 0.0687. The molecule has 1 heterocycles. The number of halogens is 1. The van der Waals surface area contributed by atoms with Crippen molar-refractivity contribution in [2.75, 3.05) is 17.3 Å². The molecule has 1 aromatic heterocycles. The molecule has 0 aliphatic rings. The zero-order valence-corrected chi connectivity index (χ0v) is 16.6. The van der Waals surface area contributed by atoms with Crippen LogP contribution in [0.15, 0.2) is 42.7 Å². The van der Waals surface area contributed by atoms with Gasteiger partial charge in [-0.1, -0.05) is 0 Å². The summed E-state index contributed by atoms with van der Waals surface area (Å²) in [4.78, 5) is 44.3. The van der Waals surface area contributed by atoms with Gasteiger partial charge in [-0.25, -0.2) is 9.37 Å². The Morgan fingerprint density at radius 2 is 1.70 bits per heavy atom.